The Morgan fingerprint density at radius 3 is 1.28 bits per heavy atom. The number of benzene rings is 2. The Kier molecular flexibility index (Phi) is 23.5. The molecule has 2 aromatic carbocycles. The summed E-state index contributed by atoms with van der Waals surface area (Å²) in [5.41, 5.74) is 0. The van der Waals surface area contributed by atoms with Crippen molar-refractivity contribution in [1.82, 2.24) is 0 Å². The van der Waals surface area contributed by atoms with Crippen molar-refractivity contribution in [3.05, 3.63) is 85.0 Å². The van der Waals surface area contributed by atoms with Crippen LogP contribution >= 0.6 is 12.4 Å². The number of rotatable bonds is 0. The summed E-state index contributed by atoms with van der Waals surface area (Å²) in [7, 11) is 0.120. The minimum atomic E-state index is 0. The molecule has 0 unspecified atom stereocenters. The summed E-state index contributed by atoms with van der Waals surface area (Å²) in [5.74, 6) is 0.644. The molecule has 0 aliphatic heterocycles. The van der Waals surface area contributed by atoms with Crippen LogP contribution in [-0.4, -0.2) is 19.0 Å². The van der Waals surface area contributed by atoms with E-state index in [1.807, 2.05) is 24.3 Å². The van der Waals surface area contributed by atoms with Gasteiger partial charge in [0.15, 0.2) is 0 Å². The molecule has 0 bridgehead atoms. The van der Waals surface area contributed by atoms with Gasteiger partial charge < -0.3 is 10.2 Å². The minimum absolute atomic E-state index is 0. The quantitative estimate of drug-likeness (QED) is 0.418. The maximum atomic E-state index is 8.63. The molecule has 0 spiro atoms. The molecule has 0 fully saturated rings. The number of hydrogen-bond donors (Lipinski definition) is 2. The van der Waals surface area contributed by atoms with Crippen LogP contribution in [-0.2, 0) is 18.6 Å². The van der Waals surface area contributed by atoms with Crippen molar-refractivity contribution in [3.8, 4) is 11.5 Å². The second-order valence-corrected chi connectivity index (χ2v) is 8.17. The van der Waals surface area contributed by atoms with Crippen LogP contribution in [0.4, 0.5) is 0 Å². The SMILES string of the molecule is C[Si](C)C.Cl.Oc1ccccc1.Oc1ccccc1.[C-]1=CC=CC1.[V]. The van der Waals surface area contributed by atoms with Crippen LogP contribution in [0.1, 0.15) is 6.42 Å². The third kappa shape index (κ3) is 25.0. The maximum Gasteiger partial charge on any atom is 0.115 e. The average Bonchev–Trinajstić information content (AvgIpc) is 3.08. The van der Waals surface area contributed by atoms with Gasteiger partial charge in [0.1, 0.15) is 11.5 Å². The van der Waals surface area contributed by atoms with Crippen LogP contribution in [0.5, 0.6) is 11.5 Å². The summed E-state index contributed by atoms with van der Waals surface area (Å²) in [4.78, 5) is 0. The Bertz CT molecular complexity index is 496. The molecule has 0 saturated carbocycles. The van der Waals surface area contributed by atoms with Crippen molar-refractivity contribution in [3.63, 3.8) is 0 Å². The third-order valence-electron chi connectivity index (χ3n) is 2.10. The molecule has 1 aliphatic carbocycles. The van der Waals surface area contributed by atoms with Gasteiger partial charge in [0.05, 0.1) is 0 Å². The summed E-state index contributed by atoms with van der Waals surface area (Å²) in [6.07, 6.45) is 10.0. The van der Waals surface area contributed by atoms with Gasteiger partial charge in [-0.25, -0.2) is 12.2 Å². The van der Waals surface area contributed by atoms with E-state index in [1.54, 1.807) is 48.5 Å². The van der Waals surface area contributed by atoms with Gasteiger partial charge in [-0.15, -0.1) is 18.8 Å². The Morgan fingerprint density at radius 2 is 1.16 bits per heavy atom. The Balaban J connectivity index is -0.000000258. The smallest absolute Gasteiger partial charge is 0.115 e. The summed E-state index contributed by atoms with van der Waals surface area (Å²) < 4.78 is 0. The van der Waals surface area contributed by atoms with Crippen molar-refractivity contribution in [2.24, 2.45) is 0 Å². The van der Waals surface area contributed by atoms with Crippen LogP contribution < -0.4 is 0 Å². The van der Waals surface area contributed by atoms with E-state index in [2.05, 4.69) is 31.8 Å². The van der Waals surface area contributed by atoms with Gasteiger partial charge >= 0.3 is 0 Å². The summed E-state index contributed by atoms with van der Waals surface area (Å²) >= 11 is 0. The largest absolute Gasteiger partial charge is 0.508 e. The van der Waals surface area contributed by atoms with Crippen molar-refractivity contribution >= 4 is 21.2 Å². The molecule has 5 heteroatoms. The standard InChI is InChI=1S/2C6H6O.C5H5.C3H9Si.ClH.V/c2*7-6-4-2-1-3-5-6;1-2-4-5-3-1;1-4(2)3;;/h2*1-5,7H;1-3H,4H2;1-3H3;1H;/q;;-1;;;. The van der Waals surface area contributed by atoms with Crippen LogP contribution in [0.3, 0.4) is 0 Å². The molecule has 2 aromatic rings. The number of phenols is 2. The van der Waals surface area contributed by atoms with E-state index in [0.29, 0.717) is 11.5 Å². The van der Waals surface area contributed by atoms with Gasteiger partial charge in [0.2, 0.25) is 0 Å². The number of halogens is 1. The molecular weight excluding hydrogens is 387 g/mol. The van der Waals surface area contributed by atoms with Crippen LogP contribution in [0.15, 0.2) is 78.9 Å². The molecule has 25 heavy (non-hydrogen) atoms. The molecule has 0 amide bonds. The van der Waals surface area contributed by atoms with Gasteiger partial charge in [-0.3, -0.25) is 6.08 Å². The van der Waals surface area contributed by atoms with E-state index in [-0.39, 0.29) is 39.8 Å². The van der Waals surface area contributed by atoms with E-state index >= 15 is 0 Å². The van der Waals surface area contributed by atoms with Crippen LogP contribution in [0.2, 0.25) is 19.6 Å². The molecular formula is C20H27ClO2SiV-. The molecule has 3 rings (SSSR count). The Hall–Kier alpha value is -1.39. The molecule has 1 aliphatic rings. The van der Waals surface area contributed by atoms with Crippen molar-refractivity contribution in [2.75, 3.05) is 0 Å². The first kappa shape index (κ1) is 28.4. The summed E-state index contributed by atoms with van der Waals surface area (Å²) in [6, 6.07) is 17.4. The molecule has 2 N–H and O–H groups in total. The molecule has 0 atom stereocenters. The van der Waals surface area contributed by atoms with Gasteiger partial charge in [0.25, 0.3) is 0 Å². The fourth-order valence-corrected chi connectivity index (χ4v) is 1.20. The van der Waals surface area contributed by atoms with Crippen molar-refractivity contribution < 1.29 is 28.8 Å². The number of hydrogen-bond acceptors (Lipinski definition) is 2. The zero-order valence-corrected chi connectivity index (χ0v) is 18.2. The zero-order chi connectivity index (χ0) is 17.3. The number of allylic oxidation sites excluding steroid dienone is 4. The first-order valence-electron chi connectivity index (χ1n) is 7.49. The second kappa shape index (κ2) is 20.7. The van der Waals surface area contributed by atoms with E-state index in [4.69, 9.17) is 10.2 Å². The van der Waals surface area contributed by atoms with E-state index in [0.717, 1.165) is 6.42 Å². The first-order valence-corrected chi connectivity index (χ1v) is 10.5. The second-order valence-electron chi connectivity index (χ2n) is 5.17. The molecule has 2 nitrogen and oxygen atoms in total. The fraction of sp³-hybridized carbons (Fsp3) is 0.200. The topological polar surface area (TPSA) is 40.5 Å². The van der Waals surface area contributed by atoms with Crippen molar-refractivity contribution in [1.29, 1.82) is 0 Å². The average molecular weight is 414 g/mol. The monoisotopic (exact) mass is 413 g/mol. The van der Waals surface area contributed by atoms with Gasteiger partial charge in [0, 0.05) is 27.4 Å². The van der Waals surface area contributed by atoms with Gasteiger partial charge in [-0.2, -0.15) is 6.08 Å². The number of para-hydroxylation sites is 2. The molecule has 0 aromatic heterocycles. The number of aromatic hydroxyl groups is 2. The summed E-state index contributed by atoms with van der Waals surface area (Å²) in [6.45, 7) is 6.81. The molecule has 0 heterocycles. The zero-order valence-electron chi connectivity index (χ0n) is 15.0. The maximum absolute atomic E-state index is 8.63. The molecule has 2 radical (unpaired) electrons. The third-order valence-corrected chi connectivity index (χ3v) is 2.10. The first-order chi connectivity index (χ1) is 11.0. The molecule has 0 saturated heterocycles. The Morgan fingerprint density at radius 1 is 0.800 bits per heavy atom. The van der Waals surface area contributed by atoms with Gasteiger partial charge in [-0.05, 0) is 24.3 Å². The van der Waals surface area contributed by atoms with Crippen molar-refractivity contribution in [2.45, 2.75) is 26.1 Å². The predicted molar refractivity (Wildman–Crippen MR) is 108 cm³/mol. The Labute approximate surface area is 172 Å². The van der Waals surface area contributed by atoms with Crippen LogP contribution in [0, 0.1) is 6.08 Å². The van der Waals surface area contributed by atoms with E-state index in [9.17, 15) is 0 Å². The predicted octanol–water partition coefficient (Wildman–Crippen LogP) is 5.88. The minimum Gasteiger partial charge on any atom is -0.508 e. The fourth-order valence-electron chi connectivity index (χ4n) is 1.20. The molecule has 136 valence electrons. The normalized spacial score (nSPS) is 9.76. The van der Waals surface area contributed by atoms with Crippen LogP contribution in [0.25, 0.3) is 0 Å². The van der Waals surface area contributed by atoms with E-state index < -0.39 is 0 Å². The number of phenolic OH excluding ortho intramolecular Hbond substituents is 2. The van der Waals surface area contributed by atoms with E-state index in [1.165, 1.54) is 0 Å². The summed E-state index contributed by atoms with van der Waals surface area (Å²) in [5, 5.41) is 17.3. The van der Waals surface area contributed by atoms with Gasteiger partial charge in [-0.1, -0.05) is 56.0 Å².